The molecule has 9 nitrogen and oxygen atoms in total. The topological polar surface area (TPSA) is 124 Å². The van der Waals surface area contributed by atoms with Gasteiger partial charge in [0.2, 0.25) is 6.79 Å². The summed E-state index contributed by atoms with van der Waals surface area (Å²) in [6.07, 6.45) is 3.06. The van der Waals surface area contributed by atoms with Crippen LogP contribution < -0.4 is 14.8 Å². The number of carboxylic acids is 1. The third kappa shape index (κ3) is 3.13. The summed E-state index contributed by atoms with van der Waals surface area (Å²) in [5, 5.41) is 16.2. The number of rotatable bonds is 5. The smallest absolute Gasteiger partial charge is 0.341 e. The number of ether oxygens (including phenoxy) is 2. The van der Waals surface area contributed by atoms with E-state index in [1.54, 1.807) is 43.5 Å². The van der Waals surface area contributed by atoms with Crippen LogP contribution in [0.3, 0.4) is 0 Å². The highest BCUT2D eigenvalue weighted by molar-refractivity contribution is 5.97. The normalized spacial score (nSPS) is 13.2. The number of aromatic nitrogens is 2. The summed E-state index contributed by atoms with van der Waals surface area (Å²) in [7, 11) is 0. The third-order valence-electron chi connectivity index (χ3n) is 4.24. The SMILES string of the molecule is C[C@@H](NC(=O)c1ccc2c(c1)OCO2)c1onc(-c2cccnc2)c1C(=O)O. The number of carboxylic acid groups (broad SMARTS) is 1. The second kappa shape index (κ2) is 7.03. The highest BCUT2D eigenvalue weighted by Crippen LogP contribution is 2.33. The van der Waals surface area contributed by atoms with Gasteiger partial charge in [-0.3, -0.25) is 9.78 Å². The van der Waals surface area contributed by atoms with E-state index in [4.69, 9.17) is 14.0 Å². The Morgan fingerprint density at radius 3 is 2.79 bits per heavy atom. The van der Waals surface area contributed by atoms with Crippen molar-refractivity contribution >= 4 is 11.9 Å². The van der Waals surface area contributed by atoms with Crippen LogP contribution in [0.5, 0.6) is 11.5 Å². The minimum atomic E-state index is -1.21. The van der Waals surface area contributed by atoms with Crippen molar-refractivity contribution in [3.63, 3.8) is 0 Å². The Hall–Kier alpha value is -3.88. The summed E-state index contributed by atoms with van der Waals surface area (Å²) in [6, 6.07) is 7.40. The maximum atomic E-state index is 12.6. The number of carbonyl (C=O) groups excluding carboxylic acids is 1. The fourth-order valence-corrected chi connectivity index (χ4v) is 2.89. The maximum absolute atomic E-state index is 12.6. The molecule has 0 saturated carbocycles. The Morgan fingerprint density at radius 1 is 1.21 bits per heavy atom. The van der Waals surface area contributed by atoms with Crippen molar-refractivity contribution in [3.05, 3.63) is 59.6 Å². The van der Waals surface area contributed by atoms with Crippen LogP contribution in [-0.4, -0.2) is 33.9 Å². The van der Waals surface area contributed by atoms with Crippen LogP contribution >= 0.6 is 0 Å². The predicted molar refractivity (Wildman–Crippen MR) is 95.1 cm³/mol. The van der Waals surface area contributed by atoms with Crippen molar-refractivity contribution in [3.8, 4) is 22.8 Å². The quantitative estimate of drug-likeness (QED) is 0.691. The van der Waals surface area contributed by atoms with Gasteiger partial charge in [0.1, 0.15) is 11.3 Å². The Kier molecular flexibility index (Phi) is 4.40. The molecule has 9 heteroatoms. The summed E-state index contributed by atoms with van der Waals surface area (Å²) in [4.78, 5) is 28.3. The number of fused-ring (bicyclic) bond motifs is 1. The van der Waals surface area contributed by atoms with Crippen LogP contribution in [0.4, 0.5) is 0 Å². The first-order chi connectivity index (χ1) is 13.5. The molecule has 1 atom stereocenters. The van der Waals surface area contributed by atoms with Gasteiger partial charge in [0.15, 0.2) is 17.3 Å². The fourth-order valence-electron chi connectivity index (χ4n) is 2.89. The van der Waals surface area contributed by atoms with Gasteiger partial charge >= 0.3 is 5.97 Å². The van der Waals surface area contributed by atoms with Gasteiger partial charge in [-0.05, 0) is 37.3 Å². The van der Waals surface area contributed by atoms with Gasteiger partial charge in [-0.25, -0.2) is 4.79 Å². The van der Waals surface area contributed by atoms with Crippen LogP contribution in [0.25, 0.3) is 11.3 Å². The van der Waals surface area contributed by atoms with Crippen molar-refractivity contribution in [2.45, 2.75) is 13.0 Å². The second-order valence-electron chi connectivity index (χ2n) is 6.08. The highest BCUT2D eigenvalue weighted by Gasteiger charge is 2.28. The number of amides is 1. The van der Waals surface area contributed by atoms with Gasteiger partial charge in [0.05, 0.1) is 6.04 Å². The molecule has 1 aliphatic rings. The van der Waals surface area contributed by atoms with Crippen molar-refractivity contribution < 1.29 is 28.7 Å². The van der Waals surface area contributed by atoms with Crippen LogP contribution in [0.2, 0.25) is 0 Å². The van der Waals surface area contributed by atoms with Crippen molar-refractivity contribution in [2.24, 2.45) is 0 Å². The van der Waals surface area contributed by atoms with Crippen molar-refractivity contribution in [1.82, 2.24) is 15.5 Å². The summed E-state index contributed by atoms with van der Waals surface area (Å²) in [6.45, 7) is 1.72. The van der Waals surface area contributed by atoms with E-state index in [-0.39, 0.29) is 23.8 Å². The predicted octanol–water partition coefficient (Wildman–Crippen LogP) is 2.65. The lowest BCUT2D eigenvalue weighted by Gasteiger charge is -2.12. The third-order valence-corrected chi connectivity index (χ3v) is 4.24. The summed E-state index contributed by atoms with van der Waals surface area (Å²) in [5.41, 5.74) is 0.885. The lowest BCUT2D eigenvalue weighted by Crippen LogP contribution is -2.27. The molecule has 0 aliphatic carbocycles. The van der Waals surface area contributed by atoms with Crippen LogP contribution in [0.15, 0.2) is 47.2 Å². The maximum Gasteiger partial charge on any atom is 0.341 e. The first-order valence-electron chi connectivity index (χ1n) is 8.38. The largest absolute Gasteiger partial charge is 0.477 e. The number of hydrogen-bond acceptors (Lipinski definition) is 7. The second-order valence-corrected chi connectivity index (χ2v) is 6.08. The van der Waals surface area contributed by atoms with E-state index < -0.39 is 17.9 Å². The summed E-state index contributed by atoms with van der Waals surface area (Å²) in [5.74, 6) is -0.541. The molecule has 4 rings (SSSR count). The van der Waals surface area contributed by atoms with Gasteiger partial charge in [-0.15, -0.1) is 0 Å². The summed E-state index contributed by atoms with van der Waals surface area (Å²) >= 11 is 0. The van der Waals surface area contributed by atoms with E-state index in [1.165, 1.54) is 6.20 Å². The minimum Gasteiger partial charge on any atom is -0.477 e. The number of nitrogens with zero attached hydrogens (tertiary/aromatic N) is 2. The van der Waals surface area contributed by atoms with E-state index >= 15 is 0 Å². The van der Waals surface area contributed by atoms with Gasteiger partial charge in [0.25, 0.3) is 5.91 Å². The van der Waals surface area contributed by atoms with Crippen molar-refractivity contribution in [2.75, 3.05) is 6.79 Å². The van der Waals surface area contributed by atoms with Gasteiger partial charge in [0, 0.05) is 23.5 Å². The molecule has 2 N–H and O–H groups in total. The highest BCUT2D eigenvalue weighted by atomic mass is 16.7. The number of nitrogens with one attached hydrogen (secondary N) is 1. The van der Waals surface area contributed by atoms with Crippen LogP contribution in [0, 0.1) is 0 Å². The fraction of sp³-hybridized carbons (Fsp3) is 0.158. The average Bonchev–Trinajstić information content (AvgIpc) is 3.35. The molecule has 2 aromatic heterocycles. The molecule has 0 radical (unpaired) electrons. The number of benzene rings is 1. The average molecular weight is 381 g/mol. The molecule has 0 spiro atoms. The summed E-state index contributed by atoms with van der Waals surface area (Å²) < 4.78 is 15.8. The zero-order valence-electron chi connectivity index (χ0n) is 14.7. The molecule has 1 amide bonds. The number of aromatic carboxylic acids is 1. The van der Waals surface area contributed by atoms with E-state index in [2.05, 4.69) is 15.5 Å². The molecule has 1 aliphatic heterocycles. The standard InChI is InChI=1S/C19H15N3O6/c1-10(21-18(23)11-4-5-13-14(7-11)27-9-26-13)17-15(19(24)25)16(22-28-17)12-3-2-6-20-8-12/h2-8,10H,9H2,1H3,(H,21,23)(H,24,25)/t10-/m1/s1. The molecule has 3 aromatic rings. The van der Waals surface area contributed by atoms with Gasteiger partial charge in [-0.1, -0.05) is 5.16 Å². The monoisotopic (exact) mass is 381 g/mol. The molecule has 1 aromatic carbocycles. The molecule has 142 valence electrons. The number of carbonyl (C=O) groups is 2. The first-order valence-corrected chi connectivity index (χ1v) is 8.38. The van der Waals surface area contributed by atoms with E-state index in [0.29, 0.717) is 22.6 Å². The Labute approximate surface area is 158 Å². The van der Waals surface area contributed by atoms with Crippen molar-refractivity contribution in [1.29, 1.82) is 0 Å². The first kappa shape index (κ1) is 17.5. The van der Waals surface area contributed by atoms with Gasteiger partial charge < -0.3 is 24.4 Å². The number of hydrogen-bond donors (Lipinski definition) is 2. The Morgan fingerprint density at radius 2 is 2.04 bits per heavy atom. The molecule has 0 fully saturated rings. The molecular formula is C19H15N3O6. The zero-order valence-corrected chi connectivity index (χ0v) is 14.7. The zero-order chi connectivity index (χ0) is 19.7. The lowest BCUT2D eigenvalue weighted by molar-refractivity contribution is 0.0692. The number of pyridine rings is 1. The minimum absolute atomic E-state index is 0.0421. The Bertz CT molecular complexity index is 1050. The van der Waals surface area contributed by atoms with E-state index in [9.17, 15) is 14.7 Å². The molecule has 0 saturated heterocycles. The van der Waals surface area contributed by atoms with Crippen LogP contribution in [0.1, 0.15) is 39.4 Å². The van der Waals surface area contributed by atoms with E-state index in [0.717, 1.165) is 0 Å². The molecular weight excluding hydrogens is 366 g/mol. The molecule has 0 bridgehead atoms. The van der Waals surface area contributed by atoms with Gasteiger partial charge in [-0.2, -0.15) is 0 Å². The Balaban J connectivity index is 1.60. The van der Waals surface area contributed by atoms with Crippen LogP contribution in [-0.2, 0) is 0 Å². The molecule has 28 heavy (non-hydrogen) atoms. The molecule has 3 heterocycles. The lowest BCUT2D eigenvalue weighted by atomic mass is 10.0. The molecule has 0 unspecified atom stereocenters. The van der Waals surface area contributed by atoms with E-state index in [1.807, 2.05) is 0 Å².